The van der Waals surface area contributed by atoms with Crippen LogP contribution in [-0.4, -0.2) is 26.5 Å². The molecule has 0 bridgehead atoms. The highest BCUT2D eigenvalue weighted by Gasteiger charge is 2.16. The number of hydrogen-bond donors (Lipinski definition) is 1. The van der Waals surface area contributed by atoms with E-state index in [1.165, 1.54) is 31.4 Å². The molecule has 2 N–H and O–H groups in total. The van der Waals surface area contributed by atoms with Crippen LogP contribution in [0, 0.1) is 0 Å². The van der Waals surface area contributed by atoms with Crippen LogP contribution in [0.25, 0.3) is 0 Å². The lowest BCUT2D eigenvalue weighted by Crippen LogP contribution is -2.28. The topological polar surface area (TPSA) is 88.1 Å². The van der Waals surface area contributed by atoms with Gasteiger partial charge in [0.2, 0.25) is 10.0 Å². The fraction of sp³-hybridized carbons (Fsp3) is 0.538. The number of nitrogens with two attached hydrogens (primary N) is 1. The van der Waals surface area contributed by atoms with Crippen molar-refractivity contribution in [3.05, 3.63) is 24.3 Å². The van der Waals surface area contributed by atoms with Crippen LogP contribution in [-0.2, 0) is 10.0 Å². The molecule has 1 aromatic rings. The average Bonchev–Trinajstić information content (AvgIpc) is 2.45. The Labute approximate surface area is 119 Å². The van der Waals surface area contributed by atoms with Gasteiger partial charge in [0.25, 0.3) is 0 Å². The van der Waals surface area contributed by atoms with Crippen LogP contribution in [0.3, 0.4) is 0 Å². The summed E-state index contributed by atoms with van der Waals surface area (Å²) in [6.07, 6.45) is 6.09. The Morgan fingerprint density at radius 3 is 2.30 bits per heavy atom. The van der Waals surface area contributed by atoms with Gasteiger partial charge in [0, 0.05) is 13.1 Å². The molecule has 0 saturated heterocycles. The van der Waals surface area contributed by atoms with Crippen molar-refractivity contribution < 1.29 is 8.42 Å². The van der Waals surface area contributed by atoms with Crippen molar-refractivity contribution >= 4 is 15.7 Å². The Bertz CT molecular complexity index is 563. The monoisotopic (exact) mass is 296 g/mol. The van der Waals surface area contributed by atoms with E-state index in [1.54, 1.807) is 12.1 Å². The Kier molecular flexibility index (Phi) is 4.72. The van der Waals surface area contributed by atoms with E-state index >= 15 is 0 Å². The van der Waals surface area contributed by atoms with E-state index in [4.69, 9.17) is 5.14 Å². The summed E-state index contributed by atoms with van der Waals surface area (Å²) in [6.45, 7) is 0. The third-order valence-corrected chi connectivity index (χ3v) is 4.50. The van der Waals surface area contributed by atoms with E-state index in [2.05, 4.69) is 10.3 Å². The van der Waals surface area contributed by atoms with Crippen molar-refractivity contribution in [2.45, 2.75) is 43.0 Å². The predicted molar refractivity (Wildman–Crippen MR) is 77.0 cm³/mol. The van der Waals surface area contributed by atoms with Gasteiger partial charge in [0.15, 0.2) is 0 Å². The van der Waals surface area contributed by atoms with Crippen LogP contribution in [0.2, 0.25) is 0 Å². The normalized spacial score (nSPS) is 17.5. The van der Waals surface area contributed by atoms with Gasteiger partial charge in [-0.2, -0.15) is 0 Å². The summed E-state index contributed by atoms with van der Waals surface area (Å²) in [5.41, 5.74) is 0.611. The van der Waals surface area contributed by atoms with Crippen LogP contribution in [0.1, 0.15) is 32.1 Å². The molecule has 1 saturated carbocycles. The molecule has 0 aromatic heterocycles. The molecule has 1 aromatic carbocycles. The lowest BCUT2D eigenvalue weighted by Gasteiger charge is -2.27. The van der Waals surface area contributed by atoms with E-state index in [1.807, 2.05) is 12.1 Å². The van der Waals surface area contributed by atoms with Crippen molar-refractivity contribution in [2.24, 2.45) is 15.5 Å². The maximum atomic E-state index is 11.1. The first-order valence-corrected chi connectivity index (χ1v) is 8.29. The molecule has 110 valence electrons. The molecule has 0 unspecified atom stereocenters. The molecule has 0 atom stereocenters. The number of hydrogen-bond acceptors (Lipinski definition) is 4. The van der Waals surface area contributed by atoms with Crippen LogP contribution in [0.15, 0.2) is 39.5 Å². The van der Waals surface area contributed by atoms with E-state index < -0.39 is 10.0 Å². The first kappa shape index (κ1) is 14.9. The number of nitrogens with zero attached hydrogens (tertiary/aromatic N) is 3. The summed E-state index contributed by atoms with van der Waals surface area (Å²) < 4.78 is 22.3. The van der Waals surface area contributed by atoms with Crippen molar-refractivity contribution in [1.29, 1.82) is 0 Å². The highest BCUT2D eigenvalue weighted by molar-refractivity contribution is 7.89. The van der Waals surface area contributed by atoms with Crippen LogP contribution in [0.5, 0.6) is 0 Å². The van der Waals surface area contributed by atoms with Crippen molar-refractivity contribution in [3.63, 3.8) is 0 Å². The summed E-state index contributed by atoms with van der Waals surface area (Å²) in [6, 6.07) is 6.51. The van der Waals surface area contributed by atoms with Gasteiger partial charge in [-0.05, 0) is 37.1 Å². The maximum Gasteiger partial charge on any atom is 0.238 e. The largest absolute Gasteiger partial charge is 0.278 e. The molecule has 0 heterocycles. The van der Waals surface area contributed by atoms with E-state index in [9.17, 15) is 8.42 Å². The Hall–Kier alpha value is -1.47. The number of rotatable bonds is 4. The maximum absolute atomic E-state index is 11.1. The number of sulfonamides is 1. The minimum absolute atomic E-state index is 0.0806. The molecule has 1 aliphatic carbocycles. The Balaban J connectivity index is 2.00. The standard InChI is InChI=1S/C13H20N4O2S/c1-17(12-5-3-2-4-6-12)16-15-11-7-9-13(10-8-11)20(14,18)19/h7-10,12H,2-6H2,1H3,(H2,14,18,19). The van der Waals surface area contributed by atoms with Crippen LogP contribution in [0.4, 0.5) is 5.69 Å². The lowest BCUT2D eigenvalue weighted by atomic mass is 9.95. The van der Waals surface area contributed by atoms with Gasteiger partial charge in [0.1, 0.15) is 0 Å². The molecule has 0 radical (unpaired) electrons. The molecule has 2 rings (SSSR count). The minimum atomic E-state index is -3.65. The second kappa shape index (κ2) is 6.32. The fourth-order valence-corrected chi connectivity index (χ4v) is 2.87. The van der Waals surface area contributed by atoms with Gasteiger partial charge in [-0.1, -0.05) is 24.5 Å². The SMILES string of the molecule is CN(N=Nc1ccc(S(N)(=O)=O)cc1)C1CCCCC1. The lowest BCUT2D eigenvalue weighted by molar-refractivity contribution is 0.187. The van der Waals surface area contributed by atoms with E-state index in [0.29, 0.717) is 11.7 Å². The summed E-state index contributed by atoms with van der Waals surface area (Å²) in [7, 11) is -1.72. The first-order chi connectivity index (χ1) is 9.47. The second-order valence-corrected chi connectivity index (χ2v) is 6.66. The minimum Gasteiger partial charge on any atom is -0.278 e. The molecule has 7 heteroatoms. The summed E-state index contributed by atoms with van der Waals surface area (Å²) in [4.78, 5) is 0.0806. The molecule has 20 heavy (non-hydrogen) atoms. The second-order valence-electron chi connectivity index (χ2n) is 5.09. The summed E-state index contributed by atoms with van der Waals surface area (Å²) >= 11 is 0. The summed E-state index contributed by atoms with van der Waals surface area (Å²) in [5.74, 6) is 0. The van der Waals surface area contributed by atoms with Gasteiger partial charge in [0.05, 0.1) is 10.6 Å². The zero-order chi connectivity index (χ0) is 14.6. The summed E-state index contributed by atoms with van der Waals surface area (Å²) in [5, 5.41) is 15.2. The molecular formula is C13H20N4O2S. The smallest absolute Gasteiger partial charge is 0.238 e. The predicted octanol–water partition coefficient (Wildman–Crippen LogP) is 2.60. The molecule has 6 nitrogen and oxygen atoms in total. The fourth-order valence-electron chi connectivity index (χ4n) is 2.35. The average molecular weight is 296 g/mol. The van der Waals surface area contributed by atoms with Gasteiger partial charge in [-0.3, -0.25) is 5.01 Å². The van der Waals surface area contributed by atoms with Crippen LogP contribution < -0.4 is 5.14 Å². The van der Waals surface area contributed by atoms with Crippen molar-refractivity contribution in [3.8, 4) is 0 Å². The number of primary sulfonamides is 1. The van der Waals surface area contributed by atoms with Crippen molar-refractivity contribution in [1.82, 2.24) is 5.01 Å². The third-order valence-electron chi connectivity index (χ3n) is 3.57. The zero-order valence-electron chi connectivity index (χ0n) is 11.6. The first-order valence-electron chi connectivity index (χ1n) is 6.74. The quantitative estimate of drug-likeness (QED) is 0.684. The Morgan fingerprint density at radius 1 is 1.15 bits per heavy atom. The molecule has 0 spiro atoms. The van der Waals surface area contributed by atoms with Crippen molar-refractivity contribution in [2.75, 3.05) is 7.05 Å². The van der Waals surface area contributed by atoms with Gasteiger partial charge < -0.3 is 0 Å². The molecule has 0 aliphatic heterocycles. The zero-order valence-corrected chi connectivity index (χ0v) is 12.4. The molecular weight excluding hydrogens is 276 g/mol. The third kappa shape index (κ3) is 4.01. The van der Waals surface area contributed by atoms with Gasteiger partial charge in [-0.15, -0.1) is 5.11 Å². The highest BCUT2D eigenvalue weighted by Crippen LogP contribution is 2.23. The molecule has 1 fully saturated rings. The highest BCUT2D eigenvalue weighted by atomic mass is 32.2. The van der Waals surface area contributed by atoms with Gasteiger partial charge in [-0.25, -0.2) is 13.6 Å². The van der Waals surface area contributed by atoms with E-state index in [-0.39, 0.29) is 4.90 Å². The molecule has 1 aliphatic rings. The number of benzene rings is 1. The Morgan fingerprint density at radius 2 is 1.75 bits per heavy atom. The van der Waals surface area contributed by atoms with E-state index in [0.717, 1.165) is 12.8 Å². The van der Waals surface area contributed by atoms with Gasteiger partial charge >= 0.3 is 0 Å². The molecule has 0 amide bonds. The van der Waals surface area contributed by atoms with Crippen LogP contribution >= 0.6 is 0 Å².